The van der Waals surface area contributed by atoms with Crippen molar-refractivity contribution in [2.24, 2.45) is 0 Å². The van der Waals surface area contributed by atoms with Crippen molar-refractivity contribution in [3.63, 3.8) is 0 Å². The number of benzene rings is 3. The summed E-state index contributed by atoms with van der Waals surface area (Å²) in [6.45, 7) is 9.58. The van der Waals surface area contributed by atoms with Crippen molar-refractivity contribution >= 4 is 27.7 Å². The molecule has 30 heavy (non-hydrogen) atoms. The first-order chi connectivity index (χ1) is 14.3. The molecule has 1 unspecified atom stereocenters. The van der Waals surface area contributed by atoms with Gasteiger partial charge in [0, 0.05) is 0 Å². The molecule has 0 aliphatic heterocycles. The molecule has 4 nitrogen and oxygen atoms in total. The monoisotopic (exact) mass is 421 g/mol. The minimum absolute atomic E-state index is 0.450. The SMILES string of the molecule is C=C[C@H](OC(=O)c1ccccc1)[C@H](NS(=O)C(C)(C)C)c1cccc2ccccc12. The molecule has 3 atom stereocenters. The van der Waals surface area contributed by atoms with Gasteiger partial charge in [0.25, 0.3) is 0 Å². The summed E-state index contributed by atoms with van der Waals surface area (Å²) < 4.78 is 21.5. The van der Waals surface area contributed by atoms with Crippen LogP contribution in [0.3, 0.4) is 0 Å². The van der Waals surface area contributed by atoms with Crippen LogP contribution in [0.1, 0.15) is 42.7 Å². The van der Waals surface area contributed by atoms with Gasteiger partial charge in [-0.3, -0.25) is 0 Å². The highest BCUT2D eigenvalue weighted by Gasteiger charge is 2.31. The van der Waals surface area contributed by atoms with Crippen LogP contribution in [-0.2, 0) is 15.7 Å². The van der Waals surface area contributed by atoms with Crippen LogP contribution in [0.15, 0.2) is 85.5 Å². The van der Waals surface area contributed by atoms with Crippen molar-refractivity contribution in [3.05, 3.63) is 96.6 Å². The molecule has 3 rings (SSSR count). The molecule has 5 heteroatoms. The first-order valence-corrected chi connectivity index (χ1v) is 11.0. The Hall–Kier alpha value is -2.76. The largest absolute Gasteiger partial charge is 0.452 e. The Labute approximate surface area is 180 Å². The third-order valence-electron chi connectivity index (χ3n) is 4.76. The highest BCUT2D eigenvalue weighted by atomic mass is 32.2. The zero-order chi connectivity index (χ0) is 21.7. The number of hydrogen-bond donors (Lipinski definition) is 1. The average molecular weight is 422 g/mol. The lowest BCUT2D eigenvalue weighted by Crippen LogP contribution is -2.41. The predicted octanol–water partition coefficient (Wildman–Crippen LogP) is 5.34. The Morgan fingerprint density at radius 3 is 2.30 bits per heavy atom. The number of carbonyl (C=O) groups excluding carboxylic acids is 1. The van der Waals surface area contributed by atoms with E-state index in [1.165, 1.54) is 0 Å². The van der Waals surface area contributed by atoms with Crippen LogP contribution in [-0.4, -0.2) is 21.0 Å². The molecule has 0 aromatic heterocycles. The quantitative estimate of drug-likeness (QED) is 0.414. The third-order valence-corrected chi connectivity index (χ3v) is 6.34. The molecule has 0 bridgehead atoms. The Balaban J connectivity index is 2.02. The number of fused-ring (bicyclic) bond motifs is 1. The van der Waals surface area contributed by atoms with E-state index in [0.29, 0.717) is 5.56 Å². The number of hydrogen-bond acceptors (Lipinski definition) is 3. The van der Waals surface area contributed by atoms with Crippen LogP contribution >= 0.6 is 0 Å². The number of esters is 1. The van der Waals surface area contributed by atoms with Gasteiger partial charge in [-0.1, -0.05) is 67.2 Å². The molecule has 0 fully saturated rings. The summed E-state index contributed by atoms with van der Waals surface area (Å²) >= 11 is 0. The highest BCUT2D eigenvalue weighted by Crippen LogP contribution is 2.30. The minimum Gasteiger partial charge on any atom is -0.452 e. The number of carbonyl (C=O) groups is 1. The van der Waals surface area contributed by atoms with Gasteiger partial charge >= 0.3 is 5.97 Å². The molecule has 0 radical (unpaired) electrons. The summed E-state index contributed by atoms with van der Waals surface area (Å²) in [7, 11) is -1.38. The van der Waals surface area contributed by atoms with Crippen molar-refractivity contribution in [3.8, 4) is 0 Å². The lowest BCUT2D eigenvalue weighted by Gasteiger charge is -2.29. The van der Waals surface area contributed by atoms with Crippen molar-refractivity contribution in [1.29, 1.82) is 0 Å². The van der Waals surface area contributed by atoms with E-state index >= 15 is 0 Å². The average Bonchev–Trinajstić information content (AvgIpc) is 2.75. The Bertz CT molecular complexity index is 1050. The first kappa shape index (κ1) is 21.9. The van der Waals surface area contributed by atoms with E-state index in [1.807, 2.05) is 69.3 Å². The van der Waals surface area contributed by atoms with Crippen LogP contribution in [0.2, 0.25) is 0 Å². The smallest absolute Gasteiger partial charge is 0.338 e. The van der Waals surface area contributed by atoms with Crippen molar-refractivity contribution in [2.75, 3.05) is 0 Å². The van der Waals surface area contributed by atoms with Gasteiger partial charge in [-0.2, -0.15) is 0 Å². The van der Waals surface area contributed by atoms with Gasteiger partial charge in [0.15, 0.2) is 0 Å². The Kier molecular flexibility index (Phi) is 6.85. The molecule has 3 aromatic carbocycles. The van der Waals surface area contributed by atoms with Crippen LogP contribution in [0.5, 0.6) is 0 Å². The molecule has 156 valence electrons. The Morgan fingerprint density at radius 1 is 1.00 bits per heavy atom. The van der Waals surface area contributed by atoms with Crippen LogP contribution < -0.4 is 4.72 Å². The fraction of sp³-hybridized carbons (Fsp3) is 0.240. The molecule has 0 saturated heterocycles. The van der Waals surface area contributed by atoms with E-state index in [9.17, 15) is 9.00 Å². The lowest BCUT2D eigenvalue weighted by molar-refractivity contribution is 0.0337. The van der Waals surface area contributed by atoms with Crippen LogP contribution in [0, 0.1) is 0 Å². The molecular weight excluding hydrogens is 394 g/mol. The maximum atomic E-state index is 13.0. The van der Waals surface area contributed by atoms with Gasteiger partial charge in [-0.25, -0.2) is 13.7 Å². The van der Waals surface area contributed by atoms with Crippen molar-refractivity contribution in [2.45, 2.75) is 37.7 Å². The highest BCUT2D eigenvalue weighted by molar-refractivity contribution is 7.84. The normalized spacial score (nSPS) is 14.6. The van der Waals surface area contributed by atoms with E-state index in [2.05, 4.69) is 11.3 Å². The van der Waals surface area contributed by atoms with Gasteiger partial charge < -0.3 is 4.74 Å². The summed E-state index contributed by atoms with van der Waals surface area (Å²) in [6, 6.07) is 22.2. The second-order valence-corrected chi connectivity index (χ2v) is 10.0. The summed E-state index contributed by atoms with van der Waals surface area (Å²) in [4.78, 5) is 12.7. The van der Waals surface area contributed by atoms with E-state index in [0.717, 1.165) is 16.3 Å². The molecule has 0 heterocycles. The van der Waals surface area contributed by atoms with Crippen molar-refractivity contribution < 1.29 is 13.7 Å². The van der Waals surface area contributed by atoms with E-state index in [1.54, 1.807) is 30.3 Å². The van der Waals surface area contributed by atoms with Crippen LogP contribution in [0.25, 0.3) is 10.8 Å². The molecule has 0 spiro atoms. The number of ether oxygens (including phenoxy) is 1. The van der Waals surface area contributed by atoms with Gasteiger partial charge in [0.05, 0.1) is 27.3 Å². The topological polar surface area (TPSA) is 55.4 Å². The first-order valence-electron chi connectivity index (χ1n) is 9.85. The molecular formula is C25H27NO3S. The maximum absolute atomic E-state index is 13.0. The maximum Gasteiger partial charge on any atom is 0.338 e. The Morgan fingerprint density at radius 2 is 1.63 bits per heavy atom. The minimum atomic E-state index is -1.38. The molecule has 0 amide bonds. The van der Waals surface area contributed by atoms with Gasteiger partial charge in [-0.05, 0) is 55.3 Å². The zero-order valence-electron chi connectivity index (χ0n) is 17.5. The zero-order valence-corrected chi connectivity index (χ0v) is 18.3. The summed E-state index contributed by atoms with van der Waals surface area (Å²) in [6.07, 6.45) is 0.870. The predicted molar refractivity (Wildman–Crippen MR) is 124 cm³/mol. The fourth-order valence-corrected chi connectivity index (χ4v) is 3.98. The van der Waals surface area contributed by atoms with E-state index < -0.39 is 33.8 Å². The number of rotatable bonds is 7. The second-order valence-electron chi connectivity index (χ2n) is 8.02. The molecule has 0 saturated carbocycles. The molecule has 0 aliphatic carbocycles. The van der Waals surface area contributed by atoms with E-state index in [-0.39, 0.29) is 0 Å². The van der Waals surface area contributed by atoms with E-state index in [4.69, 9.17) is 4.74 Å². The standard InChI is InChI=1S/C25H27NO3S/c1-5-22(29-24(27)19-13-7-6-8-14-19)23(26-30(28)25(2,3)4)21-17-11-15-18-12-9-10-16-20(18)21/h5-17,22-23,26H,1H2,2-4H3/t22-,23+,30?/m0/s1. The molecule has 3 aromatic rings. The summed E-state index contributed by atoms with van der Waals surface area (Å²) in [5.74, 6) is -0.450. The number of nitrogens with one attached hydrogen (secondary N) is 1. The summed E-state index contributed by atoms with van der Waals surface area (Å²) in [5, 5.41) is 2.06. The van der Waals surface area contributed by atoms with Gasteiger partial charge in [0.2, 0.25) is 0 Å². The molecule has 0 aliphatic rings. The lowest BCUT2D eigenvalue weighted by atomic mass is 9.95. The second kappa shape index (κ2) is 9.37. The molecule has 1 N–H and O–H groups in total. The van der Waals surface area contributed by atoms with Gasteiger partial charge in [0.1, 0.15) is 6.10 Å². The summed E-state index contributed by atoms with van der Waals surface area (Å²) in [5.41, 5.74) is 1.36. The fourth-order valence-electron chi connectivity index (χ4n) is 3.14. The van der Waals surface area contributed by atoms with Crippen LogP contribution in [0.4, 0.5) is 0 Å². The third kappa shape index (κ3) is 5.04. The van der Waals surface area contributed by atoms with Crippen molar-refractivity contribution in [1.82, 2.24) is 4.72 Å². The van der Waals surface area contributed by atoms with Gasteiger partial charge in [-0.15, -0.1) is 0 Å².